The predicted octanol–water partition coefficient (Wildman–Crippen LogP) is 0.683. The van der Waals surface area contributed by atoms with E-state index in [1.807, 2.05) is 0 Å². The van der Waals surface area contributed by atoms with Crippen LogP contribution >= 0.6 is 0 Å². The molecule has 1 saturated carbocycles. The largest absolute Gasteiger partial charge is 0.368 e. The third-order valence-corrected chi connectivity index (χ3v) is 3.79. The van der Waals surface area contributed by atoms with Crippen LogP contribution in [-0.4, -0.2) is 22.3 Å². The Labute approximate surface area is 116 Å². The number of hydrogen-bond acceptors (Lipinski definition) is 3. The summed E-state index contributed by atoms with van der Waals surface area (Å²) in [7, 11) is 0. The first-order valence-electron chi connectivity index (χ1n) is 6.85. The Kier molecular flexibility index (Phi) is 4.22. The van der Waals surface area contributed by atoms with Gasteiger partial charge in [-0.15, -0.1) is 0 Å². The van der Waals surface area contributed by atoms with Crippen molar-refractivity contribution in [2.45, 2.75) is 44.1 Å². The Morgan fingerprint density at radius 1 is 1.15 bits per heavy atom. The number of aromatic nitrogens is 1. The van der Waals surface area contributed by atoms with E-state index in [2.05, 4.69) is 10.3 Å². The van der Waals surface area contributed by atoms with E-state index in [1.54, 1.807) is 0 Å². The highest BCUT2D eigenvalue weighted by Crippen LogP contribution is 2.27. The minimum atomic E-state index is -1.000. The fourth-order valence-electron chi connectivity index (χ4n) is 2.63. The molecule has 0 aromatic carbocycles. The molecule has 2 amide bonds. The van der Waals surface area contributed by atoms with E-state index >= 15 is 0 Å². The van der Waals surface area contributed by atoms with Crippen molar-refractivity contribution < 1.29 is 9.59 Å². The van der Waals surface area contributed by atoms with Gasteiger partial charge in [-0.2, -0.15) is 0 Å². The van der Waals surface area contributed by atoms with Gasteiger partial charge in [-0.1, -0.05) is 31.7 Å². The summed E-state index contributed by atoms with van der Waals surface area (Å²) >= 11 is 0. The first-order chi connectivity index (χ1) is 9.53. The van der Waals surface area contributed by atoms with E-state index in [-0.39, 0.29) is 11.3 Å². The van der Waals surface area contributed by atoms with Gasteiger partial charge in [0.2, 0.25) is 11.5 Å². The Bertz CT molecular complexity index is 557. The van der Waals surface area contributed by atoms with Crippen molar-refractivity contribution in [1.82, 2.24) is 10.3 Å². The second-order valence-corrected chi connectivity index (χ2v) is 5.24. The molecule has 6 nitrogen and oxygen atoms in total. The molecule has 0 unspecified atom stereocenters. The van der Waals surface area contributed by atoms with Crippen LogP contribution in [0.4, 0.5) is 0 Å². The van der Waals surface area contributed by atoms with Crippen LogP contribution in [0.2, 0.25) is 0 Å². The van der Waals surface area contributed by atoms with Crippen molar-refractivity contribution in [3.05, 3.63) is 34.2 Å². The smallest absolute Gasteiger partial charge is 0.268 e. The Balaban J connectivity index is 2.21. The zero-order chi connectivity index (χ0) is 14.6. The normalized spacial score (nSPS) is 18.0. The van der Waals surface area contributed by atoms with Crippen LogP contribution in [0.5, 0.6) is 0 Å². The van der Waals surface area contributed by atoms with Gasteiger partial charge < -0.3 is 16.0 Å². The second-order valence-electron chi connectivity index (χ2n) is 5.24. The predicted molar refractivity (Wildman–Crippen MR) is 74.2 cm³/mol. The first kappa shape index (κ1) is 14.3. The Morgan fingerprint density at radius 2 is 1.80 bits per heavy atom. The molecule has 6 heteroatoms. The number of hydrogen-bond donors (Lipinski definition) is 3. The maximum Gasteiger partial charge on any atom is 0.268 e. The van der Waals surface area contributed by atoms with Crippen LogP contribution in [0, 0.1) is 0 Å². The quantitative estimate of drug-likeness (QED) is 0.707. The van der Waals surface area contributed by atoms with Gasteiger partial charge in [0.05, 0.1) is 0 Å². The number of amides is 2. The molecule has 108 valence electrons. The van der Waals surface area contributed by atoms with E-state index < -0.39 is 17.4 Å². The number of carbonyl (C=O) groups excluding carboxylic acids is 2. The molecular formula is C14H19N3O3. The lowest BCUT2D eigenvalue weighted by atomic mass is 9.89. The summed E-state index contributed by atoms with van der Waals surface area (Å²) in [5, 5.41) is 2.73. The van der Waals surface area contributed by atoms with Gasteiger partial charge in [0, 0.05) is 6.07 Å². The van der Waals surface area contributed by atoms with Crippen LogP contribution in [-0.2, 0) is 4.79 Å². The molecule has 0 saturated heterocycles. The molecule has 0 radical (unpaired) electrons. The summed E-state index contributed by atoms with van der Waals surface area (Å²) in [6.45, 7) is 0. The van der Waals surface area contributed by atoms with E-state index in [1.165, 1.54) is 18.2 Å². The highest BCUT2D eigenvalue weighted by atomic mass is 16.2. The zero-order valence-electron chi connectivity index (χ0n) is 11.3. The number of nitrogens with two attached hydrogens (primary N) is 1. The Hall–Kier alpha value is -2.11. The summed E-state index contributed by atoms with van der Waals surface area (Å²) in [4.78, 5) is 37.7. The molecule has 0 atom stereocenters. The Morgan fingerprint density at radius 3 is 2.35 bits per heavy atom. The molecule has 1 fully saturated rings. The zero-order valence-corrected chi connectivity index (χ0v) is 11.3. The average molecular weight is 277 g/mol. The lowest BCUT2D eigenvalue weighted by molar-refractivity contribution is -0.124. The molecule has 20 heavy (non-hydrogen) atoms. The number of primary amides is 1. The molecule has 4 N–H and O–H groups in total. The van der Waals surface area contributed by atoms with Gasteiger partial charge in [0.25, 0.3) is 5.91 Å². The minimum Gasteiger partial charge on any atom is -0.368 e. The summed E-state index contributed by atoms with van der Waals surface area (Å²) in [5.41, 5.74) is 4.29. The number of rotatable bonds is 3. The van der Waals surface area contributed by atoms with Gasteiger partial charge in [0.15, 0.2) is 0 Å². The fourth-order valence-corrected chi connectivity index (χ4v) is 2.63. The van der Waals surface area contributed by atoms with Crippen LogP contribution in [0.3, 0.4) is 0 Å². The van der Waals surface area contributed by atoms with Gasteiger partial charge >= 0.3 is 0 Å². The molecule has 2 rings (SSSR count). The number of pyridine rings is 1. The maximum absolute atomic E-state index is 12.2. The van der Waals surface area contributed by atoms with E-state index in [9.17, 15) is 14.4 Å². The van der Waals surface area contributed by atoms with E-state index in [4.69, 9.17) is 5.73 Å². The summed E-state index contributed by atoms with van der Waals surface area (Å²) in [5.74, 6) is -0.977. The lowest BCUT2D eigenvalue weighted by Gasteiger charge is -2.30. The monoisotopic (exact) mass is 277 g/mol. The van der Waals surface area contributed by atoms with Crippen molar-refractivity contribution >= 4 is 11.8 Å². The summed E-state index contributed by atoms with van der Waals surface area (Å²) in [6, 6.07) is 4.33. The lowest BCUT2D eigenvalue weighted by Crippen LogP contribution is -2.57. The number of aromatic amines is 1. The van der Waals surface area contributed by atoms with E-state index in [0.29, 0.717) is 12.8 Å². The van der Waals surface area contributed by atoms with Crippen molar-refractivity contribution in [2.75, 3.05) is 0 Å². The van der Waals surface area contributed by atoms with Crippen molar-refractivity contribution in [1.29, 1.82) is 0 Å². The minimum absolute atomic E-state index is 0.141. The molecule has 1 heterocycles. The van der Waals surface area contributed by atoms with Gasteiger partial charge in [0.1, 0.15) is 11.2 Å². The molecular weight excluding hydrogens is 258 g/mol. The summed E-state index contributed by atoms with van der Waals surface area (Å²) in [6.07, 6.45) is 4.87. The van der Waals surface area contributed by atoms with Crippen LogP contribution in [0.1, 0.15) is 49.0 Å². The number of H-pyrrole nitrogens is 1. The molecule has 0 spiro atoms. The standard InChI is InChI=1S/C14H19N3O3/c15-13(20)14(8-3-1-2-4-9-14)17-12(19)10-6-5-7-11(18)16-10/h5-7H,1-4,8-9H2,(H2,15,20)(H,16,18)(H,17,19). The SMILES string of the molecule is NC(=O)C1(NC(=O)c2cccc(=O)[nH]2)CCCCCC1. The van der Waals surface area contributed by atoms with Crippen LogP contribution in [0.15, 0.2) is 23.0 Å². The maximum atomic E-state index is 12.2. The number of nitrogens with one attached hydrogen (secondary N) is 2. The van der Waals surface area contributed by atoms with Crippen LogP contribution < -0.4 is 16.6 Å². The topological polar surface area (TPSA) is 105 Å². The molecule has 1 aromatic rings. The molecule has 0 bridgehead atoms. The van der Waals surface area contributed by atoms with Gasteiger partial charge in [-0.25, -0.2) is 0 Å². The van der Waals surface area contributed by atoms with Gasteiger partial charge in [-0.3, -0.25) is 14.4 Å². The fraction of sp³-hybridized carbons (Fsp3) is 0.500. The number of carbonyl (C=O) groups is 2. The van der Waals surface area contributed by atoms with Gasteiger partial charge in [-0.05, 0) is 18.9 Å². The molecule has 1 aliphatic carbocycles. The highest BCUT2D eigenvalue weighted by molar-refractivity contribution is 5.97. The van der Waals surface area contributed by atoms with Crippen molar-refractivity contribution in [3.63, 3.8) is 0 Å². The van der Waals surface area contributed by atoms with Crippen molar-refractivity contribution in [3.8, 4) is 0 Å². The third-order valence-electron chi connectivity index (χ3n) is 3.79. The highest BCUT2D eigenvalue weighted by Gasteiger charge is 2.38. The van der Waals surface area contributed by atoms with Crippen LogP contribution in [0.25, 0.3) is 0 Å². The molecule has 1 aromatic heterocycles. The average Bonchev–Trinajstić information content (AvgIpc) is 2.65. The second kappa shape index (κ2) is 5.90. The molecule has 0 aliphatic heterocycles. The third kappa shape index (κ3) is 3.07. The summed E-state index contributed by atoms with van der Waals surface area (Å²) < 4.78 is 0. The first-order valence-corrected chi connectivity index (χ1v) is 6.85. The molecule has 1 aliphatic rings. The van der Waals surface area contributed by atoms with Crippen molar-refractivity contribution in [2.24, 2.45) is 5.73 Å². The van der Waals surface area contributed by atoms with E-state index in [0.717, 1.165) is 25.7 Å².